The maximum atomic E-state index is 14.0. The monoisotopic (exact) mass is 738 g/mol. The molecule has 0 saturated carbocycles. The van der Waals surface area contributed by atoms with Gasteiger partial charge in [-0.1, -0.05) is 42.1 Å². The highest BCUT2D eigenvalue weighted by Crippen LogP contribution is 2.36. The molecule has 6 aromatic rings. The number of morpholine rings is 1. The Balaban J connectivity index is 1.08. The van der Waals surface area contributed by atoms with Crippen LogP contribution in [0.1, 0.15) is 30.7 Å². The molecule has 1 saturated heterocycles. The van der Waals surface area contributed by atoms with Gasteiger partial charge in [-0.05, 0) is 79.8 Å². The standard InChI is InChI=1S/C38H39FN8O3S2/c1-38(2,51-3)33-21-35(47(44-33)28-9-6-7-25(19-28)23-45-15-17-50-18-16-45)41-37(49)40-22-26-8-4-5-10-32(26)52-29-12-14-34-42-43-36(46(34)24-29)30-20-27(39)11-13-31(30)48/h4-14,19-21,24,48H,15-18,22-23H2,1-3H3,(H2,40,41,49). The van der Waals surface area contributed by atoms with Crippen molar-refractivity contribution < 1.29 is 19.0 Å². The fourth-order valence-corrected chi connectivity index (χ4v) is 7.16. The van der Waals surface area contributed by atoms with E-state index in [1.54, 1.807) is 20.8 Å². The summed E-state index contributed by atoms with van der Waals surface area (Å²) in [5.41, 5.74) is 4.61. The lowest BCUT2D eigenvalue weighted by atomic mass is 10.1. The predicted molar refractivity (Wildman–Crippen MR) is 203 cm³/mol. The van der Waals surface area contributed by atoms with Crippen molar-refractivity contribution in [1.82, 2.24) is 34.6 Å². The number of amides is 2. The van der Waals surface area contributed by atoms with Crippen LogP contribution in [-0.4, -0.2) is 73.0 Å². The average molecular weight is 739 g/mol. The minimum atomic E-state index is -0.483. The van der Waals surface area contributed by atoms with Crippen molar-refractivity contribution >= 4 is 41.0 Å². The van der Waals surface area contributed by atoms with Crippen LogP contribution in [0.2, 0.25) is 0 Å². The minimum absolute atomic E-state index is 0.0898. The number of nitrogens with one attached hydrogen (secondary N) is 2. The first kappa shape index (κ1) is 35.5. The third kappa shape index (κ3) is 7.94. The number of fused-ring (bicyclic) bond motifs is 1. The molecule has 11 nitrogen and oxygen atoms in total. The van der Waals surface area contributed by atoms with Gasteiger partial charge in [0.2, 0.25) is 0 Å². The zero-order chi connectivity index (χ0) is 36.2. The highest BCUT2D eigenvalue weighted by molar-refractivity contribution is 7.99. The fourth-order valence-electron chi connectivity index (χ4n) is 5.88. The molecular weight excluding hydrogens is 700 g/mol. The maximum Gasteiger partial charge on any atom is 0.320 e. The van der Waals surface area contributed by atoms with Gasteiger partial charge in [0.15, 0.2) is 11.5 Å². The van der Waals surface area contributed by atoms with Crippen molar-refractivity contribution in [3.63, 3.8) is 0 Å². The molecule has 1 aliphatic heterocycles. The van der Waals surface area contributed by atoms with Gasteiger partial charge >= 0.3 is 6.03 Å². The van der Waals surface area contributed by atoms with Gasteiger partial charge in [0.25, 0.3) is 0 Å². The van der Waals surface area contributed by atoms with Gasteiger partial charge in [-0.25, -0.2) is 13.9 Å². The van der Waals surface area contributed by atoms with Crippen molar-refractivity contribution in [2.45, 2.75) is 41.5 Å². The van der Waals surface area contributed by atoms with E-state index >= 15 is 0 Å². The minimum Gasteiger partial charge on any atom is -0.507 e. The maximum absolute atomic E-state index is 14.0. The molecule has 0 spiro atoms. The molecule has 52 heavy (non-hydrogen) atoms. The molecule has 3 N–H and O–H groups in total. The predicted octanol–water partition coefficient (Wildman–Crippen LogP) is 7.33. The summed E-state index contributed by atoms with van der Waals surface area (Å²) in [6.45, 7) is 8.59. The molecule has 0 atom stereocenters. The van der Waals surface area contributed by atoms with Crippen molar-refractivity contribution in [1.29, 1.82) is 0 Å². The molecular formula is C38H39FN8O3S2. The number of hydrogen-bond acceptors (Lipinski definition) is 9. The first-order valence-electron chi connectivity index (χ1n) is 16.9. The van der Waals surface area contributed by atoms with E-state index < -0.39 is 5.82 Å². The van der Waals surface area contributed by atoms with E-state index in [4.69, 9.17) is 9.84 Å². The Morgan fingerprint density at radius 3 is 2.65 bits per heavy atom. The number of pyridine rings is 1. The van der Waals surface area contributed by atoms with E-state index in [9.17, 15) is 14.3 Å². The third-order valence-corrected chi connectivity index (χ3v) is 11.3. The molecule has 14 heteroatoms. The Morgan fingerprint density at radius 1 is 1.00 bits per heavy atom. The van der Waals surface area contributed by atoms with Crippen molar-refractivity contribution in [2.75, 3.05) is 37.9 Å². The summed E-state index contributed by atoms with van der Waals surface area (Å²) < 4.78 is 22.8. The summed E-state index contributed by atoms with van der Waals surface area (Å²) in [6.07, 6.45) is 3.90. The smallest absolute Gasteiger partial charge is 0.320 e. The number of halogens is 1. The van der Waals surface area contributed by atoms with Gasteiger partial charge in [-0.3, -0.25) is 14.6 Å². The fraction of sp³-hybridized carbons (Fsp3) is 0.263. The van der Waals surface area contributed by atoms with Crippen LogP contribution in [0, 0.1) is 5.82 Å². The highest BCUT2D eigenvalue weighted by atomic mass is 32.2. The normalized spacial score (nSPS) is 13.8. The van der Waals surface area contributed by atoms with Gasteiger partial charge in [-0.15, -0.1) is 10.2 Å². The largest absolute Gasteiger partial charge is 0.507 e. The molecule has 7 rings (SSSR count). The van der Waals surface area contributed by atoms with Gasteiger partial charge in [0, 0.05) is 48.2 Å². The molecule has 0 bridgehead atoms. The molecule has 1 fully saturated rings. The van der Waals surface area contributed by atoms with Crippen LogP contribution in [0.4, 0.5) is 15.0 Å². The van der Waals surface area contributed by atoms with Crippen LogP contribution in [0.5, 0.6) is 5.75 Å². The summed E-state index contributed by atoms with van der Waals surface area (Å²) in [5.74, 6) is 0.326. The average Bonchev–Trinajstić information content (AvgIpc) is 3.78. The van der Waals surface area contributed by atoms with Gasteiger partial charge in [-0.2, -0.15) is 16.9 Å². The van der Waals surface area contributed by atoms with E-state index in [1.807, 2.05) is 60.8 Å². The molecule has 0 radical (unpaired) electrons. The summed E-state index contributed by atoms with van der Waals surface area (Å²) in [6, 6.07) is 25.2. The summed E-state index contributed by atoms with van der Waals surface area (Å²) in [7, 11) is 0. The Labute approximate surface area is 309 Å². The van der Waals surface area contributed by atoms with Crippen molar-refractivity contribution in [2.24, 2.45) is 0 Å². The number of phenols is 1. The molecule has 1 aliphatic rings. The summed E-state index contributed by atoms with van der Waals surface area (Å²) >= 11 is 3.20. The lowest BCUT2D eigenvalue weighted by Crippen LogP contribution is -2.35. The number of carbonyl (C=O) groups is 1. The number of aromatic nitrogens is 5. The van der Waals surface area contributed by atoms with E-state index in [-0.39, 0.29) is 28.6 Å². The number of phenolic OH excluding ortho intramolecular Hbond substituents is 1. The van der Waals surface area contributed by atoms with Crippen LogP contribution in [-0.2, 0) is 22.6 Å². The Bertz CT molecular complexity index is 2220. The Morgan fingerprint density at radius 2 is 1.83 bits per heavy atom. The molecule has 4 heterocycles. The Hall–Kier alpha value is -4.89. The molecule has 0 unspecified atom stereocenters. The van der Waals surface area contributed by atoms with Crippen LogP contribution in [0.3, 0.4) is 0 Å². The van der Waals surface area contributed by atoms with Crippen molar-refractivity contribution in [3.05, 3.63) is 114 Å². The summed E-state index contributed by atoms with van der Waals surface area (Å²) in [4.78, 5) is 17.7. The molecule has 0 aliphatic carbocycles. The van der Waals surface area contributed by atoms with Gasteiger partial charge in [0.05, 0.1) is 34.9 Å². The zero-order valence-corrected chi connectivity index (χ0v) is 30.7. The summed E-state index contributed by atoms with van der Waals surface area (Å²) in [5, 5.41) is 29.8. The zero-order valence-electron chi connectivity index (χ0n) is 29.0. The number of hydrogen-bond donors (Lipinski definition) is 3. The van der Waals surface area contributed by atoms with E-state index in [0.717, 1.165) is 65.1 Å². The van der Waals surface area contributed by atoms with Crippen LogP contribution in [0.15, 0.2) is 101 Å². The molecule has 2 amide bonds. The first-order valence-corrected chi connectivity index (χ1v) is 18.9. The van der Waals surface area contributed by atoms with Gasteiger partial charge in [0.1, 0.15) is 17.4 Å². The lowest BCUT2D eigenvalue weighted by Gasteiger charge is -2.26. The number of rotatable bonds is 11. The van der Waals surface area contributed by atoms with E-state index in [2.05, 4.69) is 58.0 Å². The quantitative estimate of drug-likeness (QED) is 0.126. The second-order valence-electron chi connectivity index (χ2n) is 12.9. The number of ether oxygens (including phenoxy) is 1. The highest BCUT2D eigenvalue weighted by Gasteiger charge is 2.25. The lowest BCUT2D eigenvalue weighted by molar-refractivity contribution is 0.0342. The number of anilines is 1. The number of aromatic hydroxyl groups is 1. The Kier molecular flexibility index (Phi) is 10.5. The first-order chi connectivity index (χ1) is 25.2. The SMILES string of the molecule is CSC(C)(C)c1cc(NC(=O)NCc2ccccc2Sc2ccc3nnc(-c4cc(F)ccc4O)n3c2)n(-c2cccc(CN3CCOCC3)c2)n1. The van der Waals surface area contributed by atoms with Crippen LogP contribution in [0.25, 0.3) is 22.7 Å². The van der Waals surface area contributed by atoms with Crippen molar-refractivity contribution in [3.8, 4) is 22.8 Å². The second-order valence-corrected chi connectivity index (χ2v) is 15.4. The molecule has 3 aromatic heterocycles. The number of nitrogens with zero attached hydrogens (tertiary/aromatic N) is 6. The van der Waals surface area contributed by atoms with E-state index in [1.165, 1.54) is 30.0 Å². The van der Waals surface area contributed by atoms with Crippen LogP contribution < -0.4 is 10.6 Å². The van der Waals surface area contributed by atoms with Gasteiger partial charge < -0.3 is 15.2 Å². The third-order valence-electron chi connectivity index (χ3n) is 8.96. The topological polar surface area (TPSA) is 122 Å². The van der Waals surface area contributed by atoms with E-state index in [0.29, 0.717) is 17.3 Å². The second kappa shape index (κ2) is 15.4. The number of benzene rings is 3. The molecule has 268 valence electrons. The number of carbonyl (C=O) groups excluding carboxylic acids is 1. The molecule has 3 aromatic carbocycles. The van der Waals surface area contributed by atoms with Crippen LogP contribution >= 0.6 is 23.5 Å². The number of thioether (sulfide) groups is 1. The number of urea groups is 1.